The number of rotatable bonds is 4. The molecule has 2 aromatic carbocycles. The number of aliphatic hydroxyl groups is 1. The van der Waals surface area contributed by atoms with Crippen LogP contribution >= 0.6 is 0 Å². The highest BCUT2D eigenvalue weighted by molar-refractivity contribution is 5.90. The predicted molar refractivity (Wildman–Crippen MR) is 98.5 cm³/mol. The molecule has 25 heavy (non-hydrogen) atoms. The van der Waals surface area contributed by atoms with Gasteiger partial charge in [0.2, 0.25) is 0 Å². The SMILES string of the molecule is OC1(CNc2nc(-c3ccccc3)nc3ccccc23)CCOCC1. The molecule has 0 saturated carbocycles. The van der Waals surface area contributed by atoms with Gasteiger partial charge < -0.3 is 15.2 Å². The molecule has 5 nitrogen and oxygen atoms in total. The van der Waals surface area contributed by atoms with Gasteiger partial charge in [-0.15, -0.1) is 0 Å². The molecular weight excluding hydrogens is 314 g/mol. The van der Waals surface area contributed by atoms with Crippen LogP contribution in [0.2, 0.25) is 0 Å². The highest BCUT2D eigenvalue weighted by atomic mass is 16.5. The molecule has 0 amide bonds. The summed E-state index contributed by atoms with van der Waals surface area (Å²) >= 11 is 0. The first-order valence-electron chi connectivity index (χ1n) is 8.60. The zero-order valence-corrected chi connectivity index (χ0v) is 14.0. The Morgan fingerprint density at radius 1 is 0.960 bits per heavy atom. The lowest BCUT2D eigenvalue weighted by Crippen LogP contribution is -2.42. The van der Waals surface area contributed by atoms with Crippen molar-refractivity contribution in [1.82, 2.24) is 9.97 Å². The van der Waals surface area contributed by atoms with E-state index in [1.165, 1.54) is 0 Å². The summed E-state index contributed by atoms with van der Waals surface area (Å²) in [4.78, 5) is 9.41. The zero-order valence-electron chi connectivity index (χ0n) is 14.0. The molecule has 0 unspecified atom stereocenters. The summed E-state index contributed by atoms with van der Waals surface area (Å²) < 4.78 is 5.35. The highest BCUT2D eigenvalue weighted by Crippen LogP contribution is 2.27. The Morgan fingerprint density at radius 3 is 2.48 bits per heavy atom. The van der Waals surface area contributed by atoms with Crippen molar-refractivity contribution in [3.8, 4) is 11.4 Å². The Morgan fingerprint density at radius 2 is 1.68 bits per heavy atom. The molecule has 0 radical (unpaired) electrons. The summed E-state index contributed by atoms with van der Waals surface area (Å²) in [5, 5.41) is 15.0. The van der Waals surface area contributed by atoms with Gasteiger partial charge >= 0.3 is 0 Å². The minimum absolute atomic E-state index is 0.450. The lowest BCUT2D eigenvalue weighted by molar-refractivity contribution is -0.0543. The van der Waals surface area contributed by atoms with Crippen LogP contribution in [-0.4, -0.2) is 40.4 Å². The van der Waals surface area contributed by atoms with Gasteiger partial charge in [-0.2, -0.15) is 0 Å². The molecule has 1 aliphatic rings. The molecule has 0 atom stereocenters. The monoisotopic (exact) mass is 335 g/mol. The normalized spacial score (nSPS) is 16.7. The smallest absolute Gasteiger partial charge is 0.162 e. The van der Waals surface area contributed by atoms with Crippen LogP contribution < -0.4 is 5.32 Å². The van der Waals surface area contributed by atoms with Crippen molar-refractivity contribution in [2.45, 2.75) is 18.4 Å². The topological polar surface area (TPSA) is 67.3 Å². The molecule has 5 heteroatoms. The van der Waals surface area contributed by atoms with Gasteiger partial charge in [0.25, 0.3) is 0 Å². The third-order valence-electron chi connectivity index (χ3n) is 4.64. The number of fused-ring (bicyclic) bond motifs is 1. The minimum Gasteiger partial charge on any atom is -0.388 e. The van der Waals surface area contributed by atoms with Crippen molar-refractivity contribution in [3.63, 3.8) is 0 Å². The van der Waals surface area contributed by atoms with Gasteiger partial charge in [-0.05, 0) is 12.1 Å². The van der Waals surface area contributed by atoms with Crippen LogP contribution in [0, 0.1) is 0 Å². The van der Waals surface area contributed by atoms with E-state index in [0.717, 1.165) is 22.3 Å². The lowest BCUT2D eigenvalue weighted by atomic mass is 9.94. The maximum Gasteiger partial charge on any atom is 0.162 e. The van der Waals surface area contributed by atoms with Gasteiger partial charge in [0, 0.05) is 43.5 Å². The first-order chi connectivity index (χ1) is 12.2. The molecule has 1 fully saturated rings. The molecule has 0 bridgehead atoms. The number of hydrogen-bond acceptors (Lipinski definition) is 5. The van der Waals surface area contributed by atoms with E-state index in [2.05, 4.69) is 10.3 Å². The molecule has 3 aromatic rings. The predicted octanol–water partition coefficient (Wildman–Crippen LogP) is 3.25. The van der Waals surface area contributed by atoms with Crippen LogP contribution in [0.15, 0.2) is 54.6 Å². The van der Waals surface area contributed by atoms with E-state index in [-0.39, 0.29) is 0 Å². The number of ether oxygens (including phenoxy) is 1. The van der Waals surface area contributed by atoms with Crippen LogP contribution in [0.25, 0.3) is 22.3 Å². The maximum atomic E-state index is 10.7. The van der Waals surface area contributed by atoms with E-state index in [4.69, 9.17) is 9.72 Å². The number of aromatic nitrogens is 2. The van der Waals surface area contributed by atoms with Crippen LogP contribution in [0.4, 0.5) is 5.82 Å². The molecule has 128 valence electrons. The van der Waals surface area contributed by atoms with Gasteiger partial charge in [0.1, 0.15) is 5.82 Å². The van der Waals surface area contributed by atoms with E-state index < -0.39 is 5.60 Å². The summed E-state index contributed by atoms with van der Waals surface area (Å²) in [5.41, 5.74) is 1.11. The zero-order chi connectivity index (χ0) is 17.1. The molecule has 1 aromatic heterocycles. The van der Waals surface area contributed by atoms with Crippen molar-refractivity contribution in [2.75, 3.05) is 25.1 Å². The average molecular weight is 335 g/mol. The standard InChI is InChI=1S/C20H21N3O2/c24-20(10-12-25-13-11-20)14-21-19-16-8-4-5-9-17(16)22-18(23-19)15-6-2-1-3-7-15/h1-9,24H,10-14H2,(H,21,22,23). The number of nitrogens with one attached hydrogen (secondary N) is 1. The molecular formula is C20H21N3O2. The summed E-state index contributed by atoms with van der Waals surface area (Å²) in [6, 6.07) is 17.9. The molecule has 1 aliphatic heterocycles. The Balaban J connectivity index is 1.69. The lowest BCUT2D eigenvalue weighted by Gasteiger charge is -2.32. The van der Waals surface area contributed by atoms with Gasteiger partial charge in [-0.3, -0.25) is 0 Å². The fourth-order valence-electron chi connectivity index (χ4n) is 3.10. The summed E-state index contributed by atoms with van der Waals surface area (Å²) in [5.74, 6) is 1.44. The van der Waals surface area contributed by atoms with Crippen LogP contribution in [0.1, 0.15) is 12.8 Å². The Hall–Kier alpha value is -2.50. The fraction of sp³-hybridized carbons (Fsp3) is 0.300. The number of benzene rings is 2. The molecule has 1 saturated heterocycles. The molecule has 2 N–H and O–H groups in total. The van der Waals surface area contributed by atoms with Crippen LogP contribution in [0.3, 0.4) is 0 Å². The van der Waals surface area contributed by atoms with Crippen molar-refractivity contribution in [2.24, 2.45) is 0 Å². The quantitative estimate of drug-likeness (QED) is 0.766. The maximum absolute atomic E-state index is 10.7. The largest absolute Gasteiger partial charge is 0.388 e. The van der Waals surface area contributed by atoms with Gasteiger partial charge in [0.15, 0.2) is 5.82 Å². The van der Waals surface area contributed by atoms with E-state index in [9.17, 15) is 5.11 Å². The number of nitrogens with zero attached hydrogens (tertiary/aromatic N) is 2. The molecule has 0 spiro atoms. The van der Waals surface area contributed by atoms with Gasteiger partial charge in [-0.25, -0.2) is 9.97 Å². The Bertz CT molecular complexity index is 861. The van der Waals surface area contributed by atoms with Crippen molar-refractivity contribution in [3.05, 3.63) is 54.6 Å². The van der Waals surface area contributed by atoms with E-state index in [0.29, 0.717) is 38.4 Å². The number of hydrogen-bond donors (Lipinski definition) is 2. The molecule has 4 rings (SSSR count). The average Bonchev–Trinajstić information content (AvgIpc) is 2.67. The second-order valence-corrected chi connectivity index (χ2v) is 6.47. The molecule has 2 heterocycles. The Labute approximate surface area is 146 Å². The number of para-hydroxylation sites is 1. The van der Waals surface area contributed by atoms with Crippen LogP contribution in [-0.2, 0) is 4.74 Å². The second kappa shape index (κ2) is 6.78. The summed E-state index contributed by atoms with van der Waals surface area (Å²) in [6.07, 6.45) is 1.27. The molecule has 0 aliphatic carbocycles. The summed E-state index contributed by atoms with van der Waals surface area (Å²) in [7, 11) is 0. The van der Waals surface area contributed by atoms with Crippen molar-refractivity contribution < 1.29 is 9.84 Å². The third kappa shape index (κ3) is 3.48. The second-order valence-electron chi connectivity index (χ2n) is 6.47. The van der Waals surface area contributed by atoms with E-state index in [1.54, 1.807) is 0 Å². The van der Waals surface area contributed by atoms with Crippen molar-refractivity contribution >= 4 is 16.7 Å². The fourth-order valence-corrected chi connectivity index (χ4v) is 3.10. The van der Waals surface area contributed by atoms with Crippen molar-refractivity contribution in [1.29, 1.82) is 0 Å². The first kappa shape index (κ1) is 16.0. The number of anilines is 1. The Kier molecular flexibility index (Phi) is 4.34. The van der Waals surface area contributed by atoms with E-state index in [1.807, 2.05) is 54.6 Å². The van der Waals surface area contributed by atoms with E-state index >= 15 is 0 Å². The third-order valence-corrected chi connectivity index (χ3v) is 4.64. The first-order valence-corrected chi connectivity index (χ1v) is 8.60. The van der Waals surface area contributed by atoms with Gasteiger partial charge in [-0.1, -0.05) is 42.5 Å². The summed E-state index contributed by atoms with van der Waals surface area (Å²) in [6.45, 7) is 1.64. The van der Waals surface area contributed by atoms with Crippen LogP contribution in [0.5, 0.6) is 0 Å². The van der Waals surface area contributed by atoms with Gasteiger partial charge in [0.05, 0.1) is 11.1 Å². The minimum atomic E-state index is -0.753. The highest BCUT2D eigenvalue weighted by Gasteiger charge is 2.29.